The van der Waals surface area contributed by atoms with Gasteiger partial charge in [-0.2, -0.15) is 0 Å². The Morgan fingerprint density at radius 2 is 2.00 bits per heavy atom. The van der Waals surface area contributed by atoms with Crippen molar-refractivity contribution in [2.45, 2.75) is 50.5 Å². The monoisotopic (exact) mass is 492 g/mol. The number of carbonyl (C=O) groups excluding carboxylic acids is 2. The molecule has 3 N–H and O–H groups in total. The summed E-state index contributed by atoms with van der Waals surface area (Å²) in [6, 6.07) is 8.27. The lowest BCUT2D eigenvalue weighted by Gasteiger charge is -2.32. The van der Waals surface area contributed by atoms with Crippen LogP contribution in [0.2, 0.25) is 5.02 Å². The van der Waals surface area contributed by atoms with Crippen LogP contribution in [-0.2, 0) is 11.2 Å². The van der Waals surface area contributed by atoms with Gasteiger partial charge in [0.2, 0.25) is 11.8 Å². The zero-order valence-electron chi connectivity index (χ0n) is 19.7. The third-order valence-electron chi connectivity index (χ3n) is 6.86. The molecule has 3 rings (SSSR count). The van der Waals surface area contributed by atoms with E-state index in [9.17, 15) is 18.4 Å². The summed E-state index contributed by atoms with van der Waals surface area (Å²) in [6.45, 7) is 1.26. The lowest BCUT2D eigenvalue weighted by atomic mass is 9.77. The maximum absolute atomic E-state index is 14.5. The van der Waals surface area contributed by atoms with Gasteiger partial charge in [0, 0.05) is 53.3 Å². The number of pyridine rings is 1. The molecule has 2 aromatic rings. The van der Waals surface area contributed by atoms with Crippen molar-refractivity contribution >= 4 is 23.4 Å². The van der Waals surface area contributed by atoms with Gasteiger partial charge in [-0.3, -0.25) is 14.6 Å². The molecule has 9 heteroatoms. The molecule has 6 nitrogen and oxygen atoms in total. The Hall–Kier alpha value is -2.58. The van der Waals surface area contributed by atoms with Crippen molar-refractivity contribution in [3.8, 4) is 0 Å². The minimum Gasteiger partial charge on any atom is -0.366 e. The third kappa shape index (κ3) is 5.91. The van der Waals surface area contributed by atoms with Crippen molar-refractivity contribution in [1.29, 1.82) is 0 Å². The van der Waals surface area contributed by atoms with Gasteiger partial charge in [-0.25, -0.2) is 8.78 Å². The van der Waals surface area contributed by atoms with E-state index in [0.717, 1.165) is 12.5 Å². The van der Waals surface area contributed by atoms with E-state index in [-0.39, 0.29) is 18.4 Å². The normalized spacial score (nSPS) is 16.7. The topological polar surface area (TPSA) is 88.3 Å². The van der Waals surface area contributed by atoms with Gasteiger partial charge in [-0.15, -0.1) is 0 Å². The van der Waals surface area contributed by atoms with Gasteiger partial charge in [-0.05, 0) is 69.6 Å². The second-order valence-corrected chi connectivity index (χ2v) is 9.79. The van der Waals surface area contributed by atoms with Crippen molar-refractivity contribution in [2.24, 2.45) is 11.1 Å². The van der Waals surface area contributed by atoms with Crippen molar-refractivity contribution in [3.63, 3.8) is 0 Å². The molecule has 0 spiro atoms. The second-order valence-electron chi connectivity index (χ2n) is 9.38. The molecule has 2 amide bonds. The van der Waals surface area contributed by atoms with Crippen LogP contribution in [0.3, 0.4) is 0 Å². The van der Waals surface area contributed by atoms with E-state index in [1.165, 1.54) is 6.07 Å². The molecule has 0 aliphatic heterocycles. The van der Waals surface area contributed by atoms with Crippen LogP contribution >= 0.6 is 11.6 Å². The molecule has 34 heavy (non-hydrogen) atoms. The van der Waals surface area contributed by atoms with E-state index in [0.29, 0.717) is 42.0 Å². The Morgan fingerprint density at radius 3 is 2.50 bits per heavy atom. The van der Waals surface area contributed by atoms with Crippen LogP contribution in [0.15, 0.2) is 42.7 Å². The lowest BCUT2D eigenvalue weighted by molar-refractivity contribution is -0.123. The Bertz CT molecular complexity index is 1020. The first-order valence-electron chi connectivity index (χ1n) is 11.2. The van der Waals surface area contributed by atoms with Crippen LogP contribution < -0.4 is 11.1 Å². The standard InChI is InChI=1S/C25H31ClF2N4O2/c1-24(27,28)25(8-9-25)20(18-5-4-10-30-14-18)13-22(33)31-15-19(32(2)3)11-16-6-7-17(23(29)34)12-21(16)26/h4-7,10,12,14,19-20H,8-9,11,13,15H2,1-3H3,(H2,29,34)(H,31,33)/t19-,20-/m0/s1. The number of nitrogens with zero attached hydrogens (tertiary/aromatic N) is 2. The van der Waals surface area contributed by atoms with E-state index >= 15 is 0 Å². The Labute approximate surface area is 203 Å². The maximum atomic E-state index is 14.5. The van der Waals surface area contributed by atoms with E-state index in [2.05, 4.69) is 10.3 Å². The number of amides is 2. The number of nitrogens with one attached hydrogen (secondary N) is 1. The van der Waals surface area contributed by atoms with E-state index in [1.54, 1.807) is 36.7 Å². The summed E-state index contributed by atoms with van der Waals surface area (Å²) in [7, 11) is 3.77. The molecule has 0 radical (unpaired) electrons. The van der Waals surface area contributed by atoms with Crippen molar-refractivity contribution in [1.82, 2.24) is 15.2 Å². The quantitative estimate of drug-likeness (QED) is 0.495. The summed E-state index contributed by atoms with van der Waals surface area (Å²) in [5.74, 6) is -4.35. The van der Waals surface area contributed by atoms with E-state index < -0.39 is 23.2 Å². The number of primary amides is 1. The molecule has 1 heterocycles. The minimum absolute atomic E-state index is 0.0384. The van der Waals surface area contributed by atoms with Crippen LogP contribution in [0.1, 0.15) is 53.6 Å². The number of likely N-dealkylation sites (N-methyl/N-ethyl adjacent to an activating group) is 1. The smallest absolute Gasteiger partial charge is 0.251 e. The average Bonchev–Trinajstić information content (AvgIpc) is 3.58. The first-order chi connectivity index (χ1) is 15.9. The third-order valence-corrected chi connectivity index (χ3v) is 7.22. The Morgan fingerprint density at radius 1 is 1.29 bits per heavy atom. The number of hydrogen-bond donors (Lipinski definition) is 2. The number of aromatic nitrogens is 1. The Balaban J connectivity index is 1.69. The first kappa shape index (κ1) is 26.0. The van der Waals surface area contributed by atoms with Gasteiger partial charge >= 0.3 is 0 Å². The Kier molecular flexibility index (Phi) is 7.93. The molecular weight excluding hydrogens is 462 g/mol. The van der Waals surface area contributed by atoms with Crippen LogP contribution in [-0.4, -0.2) is 54.3 Å². The van der Waals surface area contributed by atoms with Gasteiger partial charge in [-0.1, -0.05) is 23.7 Å². The minimum atomic E-state index is -2.90. The summed E-state index contributed by atoms with van der Waals surface area (Å²) < 4.78 is 29.1. The van der Waals surface area contributed by atoms with Crippen LogP contribution in [0, 0.1) is 5.41 Å². The highest BCUT2D eigenvalue weighted by atomic mass is 35.5. The zero-order chi connectivity index (χ0) is 25.1. The molecule has 2 atom stereocenters. The molecule has 1 fully saturated rings. The van der Waals surface area contributed by atoms with Gasteiger partial charge in [0.1, 0.15) is 0 Å². The number of carbonyl (C=O) groups is 2. The first-order valence-corrected chi connectivity index (χ1v) is 11.6. The van der Waals surface area contributed by atoms with Gasteiger partial charge in [0.05, 0.1) is 0 Å². The van der Waals surface area contributed by atoms with Crippen LogP contribution in [0.5, 0.6) is 0 Å². The zero-order valence-corrected chi connectivity index (χ0v) is 20.4. The van der Waals surface area contributed by atoms with Crippen molar-refractivity contribution in [2.75, 3.05) is 20.6 Å². The number of halogens is 3. The molecular formula is C25H31ClF2N4O2. The molecule has 0 bridgehead atoms. The van der Waals surface area contributed by atoms with Crippen LogP contribution in [0.4, 0.5) is 8.78 Å². The highest BCUT2D eigenvalue weighted by Crippen LogP contribution is 2.65. The molecule has 1 aliphatic rings. The van der Waals surface area contributed by atoms with Gasteiger partial charge in [0.15, 0.2) is 0 Å². The number of rotatable bonds is 11. The number of nitrogens with two attached hydrogens (primary N) is 1. The largest absolute Gasteiger partial charge is 0.366 e. The fraction of sp³-hybridized carbons (Fsp3) is 0.480. The molecule has 0 saturated heterocycles. The fourth-order valence-corrected chi connectivity index (χ4v) is 4.75. The van der Waals surface area contributed by atoms with Gasteiger partial charge in [0.25, 0.3) is 5.92 Å². The molecule has 1 aromatic heterocycles. The van der Waals surface area contributed by atoms with E-state index in [1.807, 2.05) is 19.0 Å². The summed E-state index contributed by atoms with van der Waals surface area (Å²) in [6.07, 6.45) is 4.40. The molecule has 184 valence electrons. The number of hydrogen-bond acceptors (Lipinski definition) is 4. The molecule has 1 aliphatic carbocycles. The lowest BCUT2D eigenvalue weighted by Crippen LogP contribution is -2.43. The number of alkyl halides is 2. The SMILES string of the molecule is CN(C)[C@H](CNC(=O)C[C@@H](c1cccnc1)C1(C(C)(F)F)CC1)Cc1ccc(C(N)=O)cc1Cl. The number of benzene rings is 1. The summed E-state index contributed by atoms with van der Waals surface area (Å²) in [5, 5.41) is 3.34. The molecule has 0 unspecified atom stereocenters. The fourth-order valence-electron chi connectivity index (χ4n) is 4.49. The summed E-state index contributed by atoms with van der Waals surface area (Å²) in [5.41, 5.74) is 5.88. The van der Waals surface area contributed by atoms with Crippen molar-refractivity contribution in [3.05, 3.63) is 64.4 Å². The maximum Gasteiger partial charge on any atom is 0.251 e. The van der Waals surface area contributed by atoms with Crippen molar-refractivity contribution < 1.29 is 18.4 Å². The highest BCUT2D eigenvalue weighted by molar-refractivity contribution is 6.31. The van der Waals surface area contributed by atoms with Crippen LogP contribution in [0.25, 0.3) is 0 Å². The molecule has 1 saturated carbocycles. The van der Waals surface area contributed by atoms with Gasteiger partial charge < -0.3 is 16.0 Å². The predicted molar refractivity (Wildman–Crippen MR) is 128 cm³/mol. The van der Waals surface area contributed by atoms with E-state index in [4.69, 9.17) is 17.3 Å². The predicted octanol–water partition coefficient (Wildman–Crippen LogP) is 4.03. The summed E-state index contributed by atoms with van der Waals surface area (Å²) >= 11 is 6.33. The summed E-state index contributed by atoms with van der Waals surface area (Å²) in [4.78, 5) is 30.3. The molecule has 1 aromatic carbocycles. The average molecular weight is 493 g/mol. The highest BCUT2D eigenvalue weighted by Gasteiger charge is 2.63. The second kappa shape index (κ2) is 10.4.